The Hall–Kier alpha value is -1.60. The molecule has 4 heteroatoms. The van der Waals surface area contributed by atoms with Crippen LogP contribution in [0.5, 0.6) is 0 Å². The lowest BCUT2D eigenvalue weighted by Gasteiger charge is -2.17. The van der Waals surface area contributed by atoms with E-state index in [0.29, 0.717) is 17.5 Å². The number of hydrogen-bond acceptors (Lipinski definition) is 4. The number of hydrogen-bond donors (Lipinski definition) is 1. The zero-order valence-electron chi connectivity index (χ0n) is 12.0. The van der Waals surface area contributed by atoms with Gasteiger partial charge in [0.25, 0.3) is 0 Å². The van der Waals surface area contributed by atoms with Crippen LogP contribution in [0.25, 0.3) is 0 Å². The lowest BCUT2D eigenvalue weighted by atomic mass is 10.1. The molecule has 0 unspecified atom stereocenters. The fraction of sp³-hybridized carbons (Fsp3) is 0.600. The molecule has 0 amide bonds. The molecule has 1 aliphatic rings. The average molecular weight is 258 g/mol. The summed E-state index contributed by atoms with van der Waals surface area (Å²) in [5, 5.41) is 12.6. The summed E-state index contributed by atoms with van der Waals surface area (Å²) in [6.45, 7) is 9.66. The first-order chi connectivity index (χ1) is 9.13. The smallest absolute Gasteiger partial charge is 0.144 e. The molecule has 0 saturated carbocycles. The maximum Gasteiger partial charge on any atom is 0.144 e. The number of pyridine rings is 1. The molecule has 1 aromatic rings. The third-order valence-electron chi connectivity index (χ3n) is 3.69. The molecule has 2 rings (SSSR count). The molecule has 0 radical (unpaired) electrons. The maximum atomic E-state index is 9.18. The number of nitrogens with one attached hydrogen (secondary N) is 1. The normalized spacial score (nSPS) is 19.6. The van der Waals surface area contributed by atoms with E-state index < -0.39 is 0 Å². The molecule has 1 atom stereocenters. The zero-order chi connectivity index (χ0) is 13.8. The van der Waals surface area contributed by atoms with Gasteiger partial charge in [0.2, 0.25) is 0 Å². The summed E-state index contributed by atoms with van der Waals surface area (Å²) in [5.41, 5.74) is 1.67. The zero-order valence-corrected chi connectivity index (χ0v) is 12.0. The lowest BCUT2D eigenvalue weighted by molar-refractivity contribution is 0.356. The van der Waals surface area contributed by atoms with Crippen LogP contribution in [0, 0.1) is 11.3 Å². The van der Waals surface area contributed by atoms with Crippen molar-refractivity contribution in [3.05, 3.63) is 23.4 Å². The number of likely N-dealkylation sites (tertiary alicyclic amines) is 1. The van der Waals surface area contributed by atoms with Gasteiger partial charge in [0.15, 0.2) is 0 Å². The van der Waals surface area contributed by atoms with E-state index in [1.807, 2.05) is 12.1 Å². The Morgan fingerprint density at radius 3 is 2.89 bits per heavy atom. The molecule has 1 aliphatic heterocycles. The van der Waals surface area contributed by atoms with E-state index in [-0.39, 0.29) is 0 Å². The minimum Gasteiger partial charge on any atom is -0.365 e. The first-order valence-corrected chi connectivity index (χ1v) is 7.04. The number of aromatic nitrogens is 1. The van der Waals surface area contributed by atoms with E-state index in [1.54, 1.807) is 0 Å². The lowest BCUT2D eigenvalue weighted by Crippen LogP contribution is -2.26. The van der Waals surface area contributed by atoms with Crippen molar-refractivity contribution >= 4 is 5.82 Å². The minimum absolute atomic E-state index is 0.379. The van der Waals surface area contributed by atoms with E-state index in [2.05, 4.69) is 42.0 Å². The Balaban J connectivity index is 2.14. The second-order valence-corrected chi connectivity index (χ2v) is 5.42. The summed E-state index contributed by atoms with van der Waals surface area (Å²) in [6.07, 6.45) is 1.12. The molecule has 19 heavy (non-hydrogen) atoms. The highest BCUT2D eigenvalue weighted by molar-refractivity contribution is 5.53. The molecule has 0 spiro atoms. The molecule has 1 fully saturated rings. The number of likely N-dealkylation sites (N-methyl/N-ethyl adjacent to an activating group) is 1. The van der Waals surface area contributed by atoms with Gasteiger partial charge in [-0.2, -0.15) is 5.26 Å². The minimum atomic E-state index is 0.379. The average Bonchev–Trinajstić information content (AvgIpc) is 2.86. The van der Waals surface area contributed by atoms with Gasteiger partial charge in [-0.1, -0.05) is 20.8 Å². The van der Waals surface area contributed by atoms with Crippen LogP contribution < -0.4 is 5.32 Å². The highest BCUT2D eigenvalue weighted by Crippen LogP contribution is 2.21. The maximum absolute atomic E-state index is 9.18. The quantitative estimate of drug-likeness (QED) is 0.902. The Kier molecular flexibility index (Phi) is 4.39. The van der Waals surface area contributed by atoms with Crippen LogP contribution in [0.1, 0.15) is 44.4 Å². The van der Waals surface area contributed by atoms with Crippen molar-refractivity contribution in [3.63, 3.8) is 0 Å². The Morgan fingerprint density at radius 1 is 1.53 bits per heavy atom. The molecule has 102 valence electrons. The Labute approximate surface area is 115 Å². The van der Waals surface area contributed by atoms with Crippen molar-refractivity contribution in [1.82, 2.24) is 9.88 Å². The molecule has 4 nitrogen and oxygen atoms in total. The van der Waals surface area contributed by atoms with E-state index in [4.69, 9.17) is 0 Å². The highest BCUT2D eigenvalue weighted by atomic mass is 15.2. The summed E-state index contributed by atoms with van der Waals surface area (Å²) in [4.78, 5) is 7.02. The van der Waals surface area contributed by atoms with E-state index in [0.717, 1.165) is 37.6 Å². The third-order valence-corrected chi connectivity index (χ3v) is 3.69. The molecule has 0 aromatic carbocycles. The van der Waals surface area contributed by atoms with Gasteiger partial charge in [-0.15, -0.1) is 0 Å². The number of nitriles is 1. The molecule has 0 aliphatic carbocycles. The van der Waals surface area contributed by atoms with Crippen LogP contribution in [-0.4, -0.2) is 35.6 Å². The van der Waals surface area contributed by atoms with Crippen LogP contribution in [0.2, 0.25) is 0 Å². The SMILES string of the molecule is CCN1CC[C@H](Nc2nc(C(C)C)ccc2C#N)C1. The Bertz CT molecular complexity index is 476. The van der Waals surface area contributed by atoms with Crippen LogP contribution in [0.3, 0.4) is 0 Å². The van der Waals surface area contributed by atoms with Gasteiger partial charge in [0, 0.05) is 24.8 Å². The summed E-state index contributed by atoms with van der Waals surface area (Å²) >= 11 is 0. The highest BCUT2D eigenvalue weighted by Gasteiger charge is 2.22. The molecular formula is C15H22N4. The predicted molar refractivity (Wildman–Crippen MR) is 77.2 cm³/mol. The van der Waals surface area contributed by atoms with Crippen molar-refractivity contribution in [1.29, 1.82) is 5.26 Å². The van der Waals surface area contributed by atoms with Crippen LogP contribution in [-0.2, 0) is 0 Å². The summed E-state index contributed by atoms with van der Waals surface area (Å²) < 4.78 is 0. The van der Waals surface area contributed by atoms with E-state index in [1.165, 1.54) is 0 Å². The topological polar surface area (TPSA) is 52.0 Å². The summed E-state index contributed by atoms with van der Waals surface area (Å²) in [5.74, 6) is 1.13. The van der Waals surface area contributed by atoms with Gasteiger partial charge < -0.3 is 10.2 Å². The van der Waals surface area contributed by atoms with E-state index in [9.17, 15) is 5.26 Å². The first-order valence-electron chi connectivity index (χ1n) is 7.04. The van der Waals surface area contributed by atoms with Gasteiger partial charge in [-0.05, 0) is 31.0 Å². The summed E-state index contributed by atoms with van der Waals surface area (Å²) in [7, 11) is 0. The first kappa shape index (κ1) is 13.8. The molecule has 1 aromatic heterocycles. The largest absolute Gasteiger partial charge is 0.365 e. The number of nitrogens with zero attached hydrogens (tertiary/aromatic N) is 3. The molecule has 1 saturated heterocycles. The van der Waals surface area contributed by atoms with Gasteiger partial charge >= 0.3 is 0 Å². The molecule has 2 heterocycles. The standard InChI is InChI=1S/C15H22N4/c1-4-19-8-7-13(10-19)17-15-12(9-16)5-6-14(18-15)11(2)3/h5-6,11,13H,4,7-8,10H2,1-3H3,(H,17,18)/t13-/m0/s1. The molecular weight excluding hydrogens is 236 g/mol. The fourth-order valence-electron chi connectivity index (χ4n) is 2.43. The third kappa shape index (κ3) is 3.24. The van der Waals surface area contributed by atoms with Gasteiger partial charge in [-0.25, -0.2) is 4.98 Å². The number of rotatable bonds is 4. The van der Waals surface area contributed by atoms with E-state index >= 15 is 0 Å². The van der Waals surface area contributed by atoms with Gasteiger partial charge in [-0.3, -0.25) is 0 Å². The predicted octanol–water partition coefficient (Wildman–Crippen LogP) is 2.58. The van der Waals surface area contributed by atoms with Crippen molar-refractivity contribution in [3.8, 4) is 6.07 Å². The van der Waals surface area contributed by atoms with Gasteiger partial charge in [0.05, 0.1) is 5.56 Å². The van der Waals surface area contributed by atoms with Crippen LogP contribution in [0.4, 0.5) is 5.82 Å². The van der Waals surface area contributed by atoms with Crippen molar-refractivity contribution < 1.29 is 0 Å². The second kappa shape index (κ2) is 6.03. The fourth-order valence-corrected chi connectivity index (χ4v) is 2.43. The Morgan fingerprint density at radius 2 is 2.32 bits per heavy atom. The molecule has 1 N–H and O–H groups in total. The van der Waals surface area contributed by atoms with Gasteiger partial charge in [0.1, 0.15) is 11.9 Å². The van der Waals surface area contributed by atoms with Crippen LogP contribution in [0.15, 0.2) is 12.1 Å². The summed E-state index contributed by atoms with van der Waals surface area (Å²) in [6, 6.07) is 6.44. The number of anilines is 1. The second-order valence-electron chi connectivity index (χ2n) is 5.42. The van der Waals surface area contributed by atoms with Crippen molar-refractivity contribution in [2.75, 3.05) is 25.0 Å². The monoisotopic (exact) mass is 258 g/mol. The van der Waals surface area contributed by atoms with Crippen LogP contribution >= 0.6 is 0 Å². The molecule has 0 bridgehead atoms. The van der Waals surface area contributed by atoms with Crippen molar-refractivity contribution in [2.24, 2.45) is 0 Å². The van der Waals surface area contributed by atoms with Crippen molar-refractivity contribution in [2.45, 2.75) is 39.2 Å².